The van der Waals surface area contributed by atoms with E-state index in [1.54, 1.807) is 0 Å². The van der Waals surface area contributed by atoms with Gasteiger partial charge in [0.2, 0.25) is 0 Å². The van der Waals surface area contributed by atoms with Gasteiger partial charge in [-0.05, 0) is 106 Å². The molecule has 242 valence electrons. The third-order valence-corrected chi connectivity index (χ3v) is 10.1. The van der Waals surface area contributed by atoms with Gasteiger partial charge in [0.25, 0.3) is 0 Å². The fourth-order valence-corrected chi connectivity index (χ4v) is 7.41. The molecule has 0 aliphatic heterocycles. The summed E-state index contributed by atoms with van der Waals surface area (Å²) in [6, 6.07) is 65.6. The third kappa shape index (κ3) is 5.81. The summed E-state index contributed by atoms with van der Waals surface area (Å²) in [5, 5.41) is 2.49. The Hall–Kier alpha value is -6.51. The second kappa shape index (κ2) is 13.1. The zero-order chi connectivity index (χ0) is 34.1. The number of rotatable bonds is 7. The van der Waals surface area contributed by atoms with Gasteiger partial charge in [0, 0.05) is 28.2 Å². The first kappa shape index (κ1) is 30.5. The van der Waals surface area contributed by atoms with E-state index in [0.717, 1.165) is 17.8 Å². The molecule has 2 heteroatoms. The molecule has 0 bridgehead atoms. The maximum absolute atomic E-state index is 4.96. The van der Waals surface area contributed by atoms with Gasteiger partial charge in [-0.3, -0.25) is 4.98 Å². The lowest BCUT2D eigenvalue weighted by atomic mass is 9.93. The molecule has 0 fully saturated rings. The van der Waals surface area contributed by atoms with Gasteiger partial charge in [-0.1, -0.05) is 140 Å². The van der Waals surface area contributed by atoms with Crippen LogP contribution < -0.4 is 0 Å². The van der Waals surface area contributed by atoms with Crippen LogP contribution in [-0.4, -0.2) is 9.55 Å². The zero-order valence-electron chi connectivity index (χ0n) is 28.5. The van der Waals surface area contributed by atoms with Crippen LogP contribution in [0.5, 0.6) is 0 Å². The molecule has 0 saturated carbocycles. The molecule has 0 N–H and O–H groups in total. The molecular weight excluding hydrogens is 617 g/mol. The lowest BCUT2D eigenvalue weighted by Crippen LogP contribution is -1.97. The predicted molar refractivity (Wildman–Crippen MR) is 214 cm³/mol. The molecule has 9 rings (SSSR count). The molecule has 0 saturated heterocycles. The van der Waals surface area contributed by atoms with E-state index < -0.39 is 0 Å². The average molecular weight is 653 g/mol. The Morgan fingerprint density at radius 3 is 1.75 bits per heavy atom. The van der Waals surface area contributed by atoms with Crippen molar-refractivity contribution in [3.63, 3.8) is 0 Å². The molecule has 51 heavy (non-hydrogen) atoms. The number of benzene rings is 7. The number of pyridine rings is 1. The molecule has 0 radical (unpaired) electrons. The highest BCUT2D eigenvalue weighted by Gasteiger charge is 2.16. The Labute approximate surface area is 299 Å². The first-order valence-electron chi connectivity index (χ1n) is 17.6. The van der Waals surface area contributed by atoms with Crippen LogP contribution >= 0.6 is 0 Å². The van der Waals surface area contributed by atoms with Crippen LogP contribution in [0.2, 0.25) is 0 Å². The lowest BCUT2D eigenvalue weighted by Gasteiger charge is -2.14. The molecule has 0 aliphatic carbocycles. The molecule has 2 nitrogen and oxygen atoms in total. The molecule has 9 aromatic rings. The van der Waals surface area contributed by atoms with Crippen LogP contribution in [0, 0.1) is 6.92 Å². The van der Waals surface area contributed by atoms with Gasteiger partial charge in [-0.25, -0.2) is 0 Å². The lowest BCUT2D eigenvalue weighted by molar-refractivity contribution is 1.15. The number of fused-ring (bicyclic) bond motifs is 3. The van der Waals surface area contributed by atoms with Crippen molar-refractivity contribution in [3.8, 4) is 50.3 Å². The van der Waals surface area contributed by atoms with E-state index >= 15 is 0 Å². The molecule has 0 atom stereocenters. The van der Waals surface area contributed by atoms with Crippen molar-refractivity contribution in [2.24, 2.45) is 0 Å². The van der Waals surface area contributed by atoms with Crippen LogP contribution in [0.25, 0.3) is 72.1 Å². The van der Waals surface area contributed by atoms with Gasteiger partial charge in [0.1, 0.15) is 0 Å². The van der Waals surface area contributed by atoms with Crippen LogP contribution in [-0.2, 0) is 6.42 Å². The quantitative estimate of drug-likeness (QED) is 0.168. The Kier molecular flexibility index (Phi) is 7.83. The number of aromatic nitrogens is 2. The van der Waals surface area contributed by atoms with Crippen molar-refractivity contribution in [1.29, 1.82) is 0 Å². The van der Waals surface area contributed by atoms with E-state index in [1.165, 1.54) is 77.4 Å². The number of nitrogens with zero attached hydrogens (tertiary/aromatic N) is 2. The topological polar surface area (TPSA) is 17.8 Å². The number of para-hydroxylation sites is 1. The van der Waals surface area contributed by atoms with E-state index in [-0.39, 0.29) is 0 Å². The minimum absolute atomic E-state index is 0.819. The zero-order valence-corrected chi connectivity index (χ0v) is 28.5. The molecule has 2 heterocycles. The van der Waals surface area contributed by atoms with Gasteiger partial charge in [0.15, 0.2) is 0 Å². The summed E-state index contributed by atoms with van der Waals surface area (Å²) in [5.74, 6) is 0. The summed E-state index contributed by atoms with van der Waals surface area (Å²) in [4.78, 5) is 4.96. The number of aryl methyl sites for hydroxylation is 1. The average Bonchev–Trinajstić information content (AvgIpc) is 3.53. The Balaban J connectivity index is 1.07. The minimum atomic E-state index is 0.819. The van der Waals surface area contributed by atoms with E-state index in [0.29, 0.717) is 0 Å². The number of hydrogen-bond donors (Lipinski definition) is 0. The fourth-order valence-electron chi connectivity index (χ4n) is 7.41. The largest absolute Gasteiger partial charge is 0.309 e. The molecular formula is C49H36N2. The molecule has 0 amide bonds. The van der Waals surface area contributed by atoms with Crippen LogP contribution in [0.4, 0.5) is 0 Å². The summed E-state index contributed by atoms with van der Waals surface area (Å²) in [6.07, 6.45) is 2.73. The summed E-state index contributed by atoms with van der Waals surface area (Å²) in [6.45, 7) is 2.19. The second-order valence-electron chi connectivity index (χ2n) is 13.3. The maximum atomic E-state index is 4.96. The molecule has 2 aromatic heterocycles. The van der Waals surface area contributed by atoms with Crippen molar-refractivity contribution in [1.82, 2.24) is 9.55 Å². The van der Waals surface area contributed by atoms with E-state index in [2.05, 4.69) is 193 Å². The Morgan fingerprint density at radius 1 is 0.451 bits per heavy atom. The second-order valence-corrected chi connectivity index (χ2v) is 13.3. The first-order valence-corrected chi connectivity index (χ1v) is 17.6. The van der Waals surface area contributed by atoms with E-state index in [1.807, 2.05) is 6.20 Å². The molecule has 0 aliphatic rings. The minimum Gasteiger partial charge on any atom is -0.309 e. The van der Waals surface area contributed by atoms with Crippen molar-refractivity contribution in [2.45, 2.75) is 13.3 Å². The highest BCUT2D eigenvalue weighted by Crippen LogP contribution is 2.37. The van der Waals surface area contributed by atoms with Crippen molar-refractivity contribution in [3.05, 3.63) is 205 Å². The third-order valence-electron chi connectivity index (χ3n) is 10.1. The summed E-state index contributed by atoms with van der Waals surface area (Å²) in [5.41, 5.74) is 16.8. The molecule has 0 unspecified atom stereocenters. The standard InChI is InChI=1S/C49H36N2/c1-34-18-21-40(32-45(34)49-42(15-10-30-50-49)31-35-19-22-38(23-20-35)36-11-4-2-5-12-36)41-26-29-48-46(33-41)44-16-8-9-17-47(44)51(48)43-27-24-39(25-28-43)37-13-6-3-7-14-37/h2-30,32-33H,31H2,1H3. The number of hydrogen-bond acceptors (Lipinski definition) is 1. The normalized spacial score (nSPS) is 11.3. The Morgan fingerprint density at radius 2 is 1.02 bits per heavy atom. The van der Waals surface area contributed by atoms with Crippen LogP contribution in [0.3, 0.4) is 0 Å². The van der Waals surface area contributed by atoms with Crippen molar-refractivity contribution in [2.75, 3.05) is 0 Å². The fraction of sp³-hybridized carbons (Fsp3) is 0.0408. The molecule has 7 aromatic carbocycles. The first-order chi connectivity index (χ1) is 25.2. The monoisotopic (exact) mass is 652 g/mol. The van der Waals surface area contributed by atoms with Gasteiger partial charge >= 0.3 is 0 Å². The van der Waals surface area contributed by atoms with Gasteiger partial charge in [0.05, 0.1) is 16.7 Å². The SMILES string of the molecule is Cc1ccc(-c2ccc3c(c2)c2ccccc2n3-c2ccc(-c3ccccc3)cc2)cc1-c1ncccc1Cc1ccc(-c2ccccc2)cc1. The van der Waals surface area contributed by atoms with Gasteiger partial charge in [-0.2, -0.15) is 0 Å². The van der Waals surface area contributed by atoms with Crippen molar-refractivity contribution < 1.29 is 0 Å². The van der Waals surface area contributed by atoms with Gasteiger partial charge in [-0.15, -0.1) is 0 Å². The van der Waals surface area contributed by atoms with E-state index in [9.17, 15) is 0 Å². The van der Waals surface area contributed by atoms with E-state index in [4.69, 9.17) is 4.98 Å². The summed E-state index contributed by atoms with van der Waals surface area (Å²) >= 11 is 0. The predicted octanol–water partition coefficient (Wildman–Crippen LogP) is 12.7. The maximum Gasteiger partial charge on any atom is 0.0740 e. The molecule has 0 spiro atoms. The summed E-state index contributed by atoms with van der Waals surface area (Å²) < 4.78 is 2.39. The van der Waals surface area contributed by atoms with Crippen molar-refractivity contribution >= 4 is 21.8 Å². The van der Waals surface area contributed by atoms with Crippen LogP contribution in [0.15, 0.2) is 188 Å². The smallest absolute Gasteiger partial charge is 0.0740 e. The highest BCUT2D eigenvalue weighted by molar-refractivity contribution is 6.10. The van der Waals surface area contributed by atoms with Crippen LogP contribution in [0.1, 0.15) is 16.7 Å². The summed E-state index contributed by atoms with van der Waals surface area (Å²) in [7, 11) is 0. The highest BCUT2D eigenvalue weighted by atomic mass is 15.0. The Bertz CT molecular complexity index is 2630. The van der Waals surface area contributed by atoms with Gasteiger partial charge < -0.3 is 4.57 Å².